The third-order valence-corrected chi connectivity index (χ3v) is 5.35. The van der Waals surface area contributed by atoms with Gasteiger partial charge in [-0.3, -0.25) is 9.69 Å². The molecule has 0 radical (unpaired) electrons. The summed E-state index contributed by atoms with van der Waals surface area (Å²) in [6.07, 6.45) is 3.21. The SMILES string of the molecule is CC1=C(Cc2cccc(F)c2)NC(c2ccccc2)=CN1C(=O)CCc1ccc(C)o1. The molecule has 158 valence electrons. The molecule has 4 rings (SSSR count). The Labute approximate surface area is 181 Å². The van der Waals surface area contributed by atoms with Gasteiger partial charge in [-0.25, -0.2) is 4.39 Å². The standard InChI is InChI=1S/C26H25FN2O2/c1-18-11-12-23(31-18)13-14-26(30)29-17-25(21-8-4-3-5-9-21)28-24(19(29)2)16-20-7-6-10-22(27)15-20/h3-12,15,17,28H,13-14,16H2,1-2H3. The van der Waals surface area contributed by atoms with Crippen LogP contribution in [0.4, 0.5) is 4.39 Å². The number of rotatable bonds is 6. The van der Waals surface area contributed by atoms with Gasteiger partial charge in [-0.05, 0) is 49.2 Å². The maximum Gasteiger partial charge on any atom is 0.231 e. The Morgan fingerprint density at radius 3 is 2.55 bits per heavy atom. The first-order valence-electron chi connectivity index (χ1n) is 10.4. The lowest BCUT2D eigenvalue weighted by atomic mass is 10.0. The van der Waals surface area contributed by atoms with E-state index in [0.29, 0.717) is 19.3 Å². The van der Waals surface area contributed by atoms with Crippen molar-refractivity contribution in [3.8, 4) is 0 Å². The van der Waals surface area contributed by atoms with E-state index >= 15 is 0 Å². The van der Waals surface area contributed by atoms with Crippen LogP contribution in [-0.2, 0) is 17.6 Å². The Hall–Kier alpha value is -3.60. The number of nitrogens with one attached hydrogen (secondary N) is 1. The topological polar surface area (TPSA) is 45.5 Å². The van der Waals surface area contributed by atoms with Crippen molar-refractivity contribution < 1.29 is 13.6 Å². The van der Waals surface area contributed by atoms with Crippen molar-refractivity contribution in [2.45, 2.75) is 33.1 Å². The van der Waals surface area contributed by atoms with E-state index in [1.165, 1.54) is 12.1 Å². The maximum atomic E-state index is 13.7. The Kier molecular flexibility index (Phi) is 6.03. The van der Waals surface area contributed by atoms with E-state index < -0.39 is 0 Å². The van der Waals surface area contributed by atoms with Crippen LogP contribution in [0.25, 0.3) is 5.70 Å². The molecule has 0 saturated heterocycles. The van der Waals surface area contributed by atoms with Crippen LogP contribution < -0.4 is 5.32 Å². The Morgan fingerprint density at radius 2 is 1.84 bits per heavy atom. The number of halogens is 1. The lowest BCUT2D eigenvalue weighted by molar-refractivity contribution is -0.127. The Morgan fingerprint density at radius 1 is 1.03 bits per heavy atom. The predicted molar refractivity (Wildman–Crippen MR) is 119 cm³/mol. The maximum absolute atomic E-state index is 13.7. The third-order valence-electron chi connectivity index (χ3n) is 5.35. The van der Waals surface area contributed by atoms with E-state index in [4.69, 9.17) is 4.42 Å². The van der Waals surface area contributed by atoms with Gasteiger partial charge in [0.25, 0.3) is 0 Å². The van der Waals surface area contributed by atoms with Gasteiger partial charge in [-0.1, -0.05) is 42.5 Å². The molecule has 1 aliphatic heterocycles. The summed E-state index contributed by atoms with van der Waals surface area (Å²) in [6, 6.07) is 20.2. The number of nitrogens with zero attached hydrogens (tertiary/aromatic N) is 1. The zero-order valence-electron chi connectivity index (χ0n) is 17.7. The number of benzene rings is 2. The van der Waals surface area contributed by atoms with Crippen LogP contribution in [0.5, 0.6) is 0 Å². The molecule has 2 heterocycles. The first-order valence-corrected chi connectivity index (χ1v) is 10.4. The predicted octanol–water partition coefficient (Wildman–Crippen LogP) is 5.56. The quantitative estimate of drug-likeness (QED) is 0.572. The molecule has 4 nitrogen and oxygen atoms in total. The second kappa shape index (κ2) is 9.04. The zero-order chi connectivity index (χ0) is 21.8. The molecule has 0 fully saturated rings. The highest BCUT2D eigenvalue weighted by Gasteiger charge is 2.23. The zero-order valence-corrected chi connectivity index (χ0v) is 17.7. The molecule has 1 N–H and O–H groups in total. The van der Waals surface area contributed by atoms with Crippen molar-refractivity contribution in [3.05, 3.63) is 113 Å². The molecule has 0 bridgehead atoms. The molecule has 1 aliphatic rings. The van der Waals surface area contributed by atoms with Gasteiger partial charge in [0.15, 0.2) is 0 Å². The molecule has 3 aromatic rings. The highest BCUT2D eigenvalue weighted by atomic mass is 19.1. The van der Waals surface area contributed by atoms with Gasteiger partial charge in [0.2, 0.25) is 5.91 Å². The number of allylic oxidation sites excluding steroid dienone is 2. The molecule has 0 saturated carbocycles. The summed E-state index contributed by atoms with van der Waals surface area (Å²) in [4.78, 5) is 14.8. The second-order valence-electron chi connectivity index (χ2n) is 7.68. The van der Waals surface area contributed by atoms with Gasteiger partial charge in [-0.15, -0.1) is 0 Å². The van der Waals surface area contributed by atoms with Crippen molar-refractivity contribution in [1.82, 2.24) is 10.2 Å². The van der Waals surface area contributed by atoms with E-state index in [-0.39, 0.29) is 11.7 Å². The van der Waals surface area contributed by atoms with Crippen LogP contribution in [0.3, 0.4) is 0 Å². The van der Waals surface area contributed by atoms with E-state index in [1.807, 2.05) is 68.6 Å². The molecular weight excluding hydrogens is 391 g/mol. The minimum absolute atomic E-state index is 0.0155. The van der Waals surface area contributed by atoms with Crippen molar-refractivity contribution in [1.29, 1.82) is 0 Å². The molecular formula is C26H25FN2O2. The minimum atomic E-state index is -0.271. The molecule has 0 unspecified atom stereocenters. The molecule has 1 aromatic heterocycles. The van der Waals surface area contributed by atoms with Crippen LogP contribution in [0.1, 0.15) is 36.0 Å². The molecule has 0 atom stereocenters. The summed E-state index contributed by atoms with van der Waals surface area (Å²) in [5, 5.41) is 3.46. The van der Waals surface area contributed by atoms with E-state index in [1.54, 1.807) is 11.0 Å². The number of hydrogen-bond donors (Lipinski definition) is 1. The molecule has 31 heavy (non-hydrogen) atoms. The van der Waals surface area contributed by atoms with Gasteiger partial charge < -0.3 is 9.73 Å². The lowest BCUT2D eigenvalue weighted by Gasteiger charge is -2.30. The fourth-order valence-electron chi connectivity index (χ4n) is 3.67. The normalized spacial score (nSPS) is 13.8. The summed E-state index contributed by atoms with van der Waals surface area (Å²) >= 11 is 0. The van der Waals surface area contributed by atoms with Gasteiger partial charge in [0.1, 0.15) is 17.3 Å². The van der Waals surface area contributed by atoms with Crippen LogP contribution in [0.15, 0.2) is 88.7 Å². The van der Waals surface area contributed by atoms with E-state index in [9.17, 15) is 9.18 Å². The Balaban J connectivity index is 1.61. The van der Waals surface area contributed by atoms with Crippen LogP contribution >= 0.6 is 0 Å². The highest BCUT2D eigenvalue weighted by molar-refractivity contribution is 5.83. The summed E-state index contributed by atoms with van der Waals surface area (Å²) < 4.78 is 19.3. The van der Waals surface area contributed by atoms with Crippen molar-refractivity contribution >= 4 is 11.6 Å². The number of furan rings is 1. The second-order valence-corrected chi connectivity index (χ2v) is 7.68. The number of aryl methyl sites for hydroxylation is 2. The molecule has 1 amide bonds. The number of carbonyl (C=O) groups excluding carboxylic acids is 1. The van der Waals surface area contributed by atoms with Gasteiger partial charge in [-0.2, -0.15) is 0 Å². The van der Waals surface area contributed by atoms with Crippen LogP contribution in [0.2, 0.25) is 0 Å². The van der Waals surface area contributed by atoms with Crippen molar-refractivity contribution in [2.75, 3.05) is 0 Å². The fourth-order valence-corrected chi connectivity index (χ4v) is 3.67. The Bertz CT molecular complexity index is 1140. The van der Waals surface area contributed by atoms with Gasteiger partial charge in [0.05, 0.1) is 5.70 Å². The monoisotopic (exact) mass is 416 g/mol. The number of carbonyl (C=O) groups is 1. The third kappa shape index (κ3) is 4.94. The van der Waals surface area contributed by atoms with Gasteiger partial charge in [0, 0.05) is 36.9 Å². The number of hydrogen-bond acceptors (Lipinski definition) is 3. The lowest BCUT2D eigenvalue weighted by Crippen LogP contribution is -2.33. The van der Waals surface area contributed by atoms with Crippen molar-refractivity contribution in [3.63, 3.8) is 0 Å². The largest absolute Gasteiger partial charge is 0.466 e. The minimum Gasteiger partial charge on any atom is -0.466 e. The summed E-state index contributed by atoms with van der Waals surface area (Å²) in [7, 11) is 0. The summed E-state index contributed by atoms with van der Waals surface area (Å²) in [5.74, 6) is 1.35. The average molecular weight is 416 g/mol. The first-order chi connectivity index (χ1) is 15.0. The molecule has 0 spiro atoms. The van der Waals surface area contributed by atoms with Crippen LogP contribution in [-0.4, -0.2) is 10.8 Å². The summed E-state index contributed by atoms with van der Waals surface area (Å²) in [5.41, 5.74) is 4.33. The van der Waals surface area contributed by atoms with E-state index in [2.05, 4.69) is 5.32 Å². The van der Waals surface area contributed by atoms with Gasteiger partial charge >= 0.3 is 0 Å². The smallest absolute Gasteiger partial charge is 0.231 e. The molecule has 2 aromatic carbocycles. The average Bonchev–Trinajstić information content (AvgIpc) is 3.19. The fraction of sp³-hybridized carbons (Fsp3) is 0.192. The highest BCUT2D eigenvalue weighted by Crippen LogP contribution is 2.26. The van der Waals surface area contributed by atoms with Crippen molar-refractivity contribution in [2.24, 2.45) is 0 Å². The van der Waals surface area contributed by atoms with E-state index in [0.717, 1.165) is 39.7 Å². The molecule has 5 heteroatoms. The molecule has 0 aliphatic carbocycles. The first kappa shape index (κ1) is 20.7. The summed E-state index contributed by atoms with van der Waals surface area (Å²) in [6.45, 7) is 3.80. The van der Waals surface area contributed by atoms with Crippen LogP contribution in [0, 0.1) is 12.7 Å². The number of amides is 1.